The van der Waals surface area contributed by atoms with Gasteiger partial charge in [0.05, 0.1) is 0 Å². The fourth-order valence-corrected chi connectivity index (χ4v) is 5.69. The fraction of sp³-hybridized carbons (Fsp3) is 0.657. The second-order valence-corrected chi connectivity index (χ2v) is 11.9. The summed E-state index contributed by atoms with van der Waals surface area (Å²) in [6.45, 7) is 17.8. The Hall–Kier alpha value is -1.96. The molecule has 1 aromatic carbocycles. The van der Waals surface area contributed by atoms with Gasteiger partial charge in [-0.15, -0.1) is 0 Å². The van der Waals surface area contributed by atoms with E-state index in [1.54, 1.807) is 0 Å². The number of allylic oxidation sites excluding steroid dienone is 6. The van der Waals surface area contributed by atoms with Crippen LogP contribution in [0.4, 0.5) is 0 Å². The number of rotatable bonds is 15. The van der Waals surface area contributed by atoms with Gasteiger partial charge >= 0.3 is 0 Å². The number of phenols is 1. The van der Waals surface area contributed by atoms with Crippen LogP contribution in [0.1, 0.15) is 142 Å². The molecule has 1 aromatic rings. The first-order chi connectivity index (χ1) is 17.7. The van der Waals surface area contributed by atoms with E-state index in [2.05, 4.69) is 73.6 Å². The Bertz CT molecular complexity index is 958. The van der Waals surface area contributed by atoms with E-state index in [0.717, 1.165) is 100 Å². The third-order valence-electron chi connectivity index (χ3n) is 7.89. The van der Waals surface area contributed by atoms with Crippen LogP contribution in [0.2, 0.25) is 0 Å². The van der Waals surface area contributed by atoms with Gasteiger partial charge in [0.2, 0.25) is 0 Å². The summed E-state index contributed by atoms with van der Waals surface area (Å²) in [6, 6.07) is 0. The Morgan fingerprint density at radius 2 is 1.32 bits per heavy atom. The van der Waals surface area contributed by atoms with Crippen LogP contribution in [0.25, 0.3) is 0 Å². The molecule has 1 atom stereocenters. The molecule has 0 aliphatic carbocycles. The van der Waals surface area contributed by atoms with Crippen molar-refractivity contribution in [2.45, 2.75) is 151 Å². The summed E-state index contributed by atoms with van der Waals surface area (Å²) in [5, 5.41) is 11.2. The van der Waals surface area contributed by atoms with Crippen LogP contribution in [0, 0.1) is 0 Å². The van der Waals surface area contributed by atoms with E-state index in [1.165, 1.54) is 34.3 Å². The molecular weight excluding hydrogens is 452 g/mol. The first-order valence-electron chi connectivity index (χ1n) is 15.2. The maximum Gasteiger partial charge on any atom is 0.127 e. The third-order valence-corrected chi connectivity index (χ3v) is 7.89. The Kier molecular flexibility index (Phi) is 13.1. The standard InChI is InChI=1S/C35H56O2/c1-9-15-29-31(17-11-3)34-32(30(16-10-2)33(29)36)23-25-35(8,37-34)24-14-22-28(7)21-13-20-27(6)19-12-18-26(4)5/h18,20,22,36H,9-17,19,21,23-25H2,1-8H3/b27-20+,28-22+. The lowest BCUT2D eigenvalue weighted by atomic mass is 9.82. The van der Waals surface area contributed by atoms with Gasteiger partial charge in [0.15, 0.2) is 0 Å². The number of ether oxygens (including phenoxy) is 1. The molecule has 0 amide bonds. The van der Waals surface area contributed by atoms with Gasteiger partial charge < -0.3 is 9.84 Å². The number of fused-ring (bicyclic) bond motifs is 1. The van der Waals surface area contributed by atoms with E-state index in [0.29, 0.717) is 5.75 Å². The third kappa shape index (κ3) is 9.38. The average molecular weight is 509 g/mol. The SMILES string of the molecule is CCCc1c(O)c(CCC)c2c(c1CCC)OC(C)(CC/C=C(\C)CC/C=C(\C)CCC=C(C)C)CC2. The van der Waals surface area contributed by atoms with Crippen molar-refractivity contribution in [3.63, 3.8) is 0 Å². The van der Waals surface area contributed by atoms with Crippen molar-refractivity contribution in [2.24, 2.45) is 0 Å². The summed E-state index contributed by atoms with van der Waals surface area (Å²) in [5.41, 5.74) is 9.13. The number of phenolic OH excluding ortho intramolecular Hbond substituents is 1. The van der Waals surface area contributed by atoms with E-state index in [-0.39, 0.29) is 5.60 Å². The van der Waals surface area contributed by atoms with Crippen molar-refractivity contribution in [3.8, 4) is 11.5 Å². The van der Waals surface area contributed by atoms with Gasteiger partial charge in [0.25, 0.3) is 0 Å². The van der Waals surface area contributed by atoms with Gasteiger partial charge in [-0.1, -0.05) is 75.0 Å². The Morgan fingerprint density at radius 3 is 1.92 bits per heavy atom. The molecule has 1 aliphatic rings. The minimum absolute atomic E-state index is 0.141. The van der Waals surface area contributed by atoms with Crippen LogP contribution < -0.4 is 4.74 Å². The van der Waals surface area contributed by atoms with Gasteiger partial charge in [-0.25, -0.2) is 0 Å². The Balaban J connectivity index is 2.09. The van der Waals surface area contributed by atoms with Gasteiger partial charge in [-0.3, -0.25) is 0 Å². The van der Waals surface area contributed by atoms with Crippen LogP contribution in [0.5, 0.6) is 11.5 Å². The molecule has 2 nitrogen and oxygen atoms in total. The number of benzene rings is 1. The van der Waals surface area contributed by atoms with Crippen molar-refractivity contribution < 1.29 is 9.84 Å². The molecular formula is C35H56O2. The molecule has 208 valence electrons. The molecule has 0 aromatic heterocycles. The predicted octanol–water partition coefficient (Wildman–Crippen LogP) is 10.5. The lowest BCUT2D eigenvalue weighted by Gasteiger charge is -2.39. The largest absolute Gasteiger partial charge is 0.507 e. The van der Waals surface area contributed by atoms with Crippen molar-refractivity contribution in [2.75, 3.05) is 0 Å². The summed E-state index contributed by atoms with van der Waals surface area (Å²) in [6.07, 6.45) is 21.9. The van der Waals surface area contributed by atoms with Crippen LogP contribution in [0.3, 0.4) is 0 Å². The molecule has 0 saturated heterocycles. The molecule has 0 radical (unpaired) electrons. The topological polar surface area (TPSA) is 29.5 Å². The highest BCUT2D eigenvalue weighted by Gasteiger charge is 2.35. The fourth-order valence-electron chi connectivity index (χ4n) is 5.69. The van der Waals surface area contributed by atoms with E-state index in [4.69, 9.17) is 4.74 Å². The molecule has 1 unspecified atom stereocenters. The summed E-state index contributed by atoms with van der Waals surface area (Å²) < 4.78 is 6.93. The Morgan fingerprint density at radius 1 is 0.784 bits per heavy atom. The molecule has 1 N–H and O–H groups in total. The average Bonchev–Trinajstić information content (AvgIpc) is 2.83. The first kappa shape index (κ1) is 31.3. The van der Waals surface area contributed by atoms with Crippen LogP contribution in [-0.2, 0) is 25.7 Å². The molecule has 0 bridgehead atoms. The van der Waals surface area contributed by atoms with E-state index >= 15 is 0 Å². The highest BCUT2D eigenvalue weighted by atomic mass is 16.5. The minimum Gasteiger partial charge on any atom is -0.507 e. The zero-order valence-corrected chi connectivity index (χ0v) is 25.5. The normalized spacial score (nSPS) is 17.9. The highest BCUT2D eigenvalue weighted by Crippen LogP contribution is 2.46. The highest BCUT2D eigenvalue weighted by molar-refractivity contribution is 5.60. The van der Waals surface area contributed by atoms with Gasteiger partial charge in [-0.2, -0.15) is 0 Å². The van der Waals surface area contributed by atoms with Gasteiger partial charge in [-0.05, 0) is 105 Å². The zero-order chi connectivity index (χ0) is 27.4. The second-order valence-electron chi connectivity index (χ2n) is 11.9. The minimum atomic E-state index is -0.141. The van der Waals surface area contributed by atoms with Crippen molar-refractivity contribution in [1.29, 1.82) is 0 Å². The van der Waals surface area contributed by atoms with E-state index in [1.807, 2.05) is 0 Å². The number of hydrogen-bond donors (Lipinski definition) is 1. The summed E-state index contributed by atoms with van der Waals surface area (Å²) >= 11 is 0. The predicted molar refractivity (Wildman–Crippen MR) is 162 cm³/mol. The van der Waals surface area contributed by atoms with Crippen LogP contribution in [-0.4, -0.2) is 10.7 Å². The Labute approximate surface area is 229 Å². The van der Waals surface area contributed by atoms with Crippen molar-refractivity contribution in [1.82, 2.24) is 0 Å². The number of aromatic hydroxyl groups is 1. The summed E-state index contributed by atoms with van der Waals surface area (Å²) in [5.74, 6) is 1.69. The molecule has 2 rings (SSSR count). The first-order valence-corrected chi connectivity index (χ1v) is 15.2. The number of hydrogen-bond acceptors (Lipinski definition) is 2. The van der Waals surface area contributed by atoms with E-state index in [9.17, 15) is 5.11 Å². The monoisotopic (exact) mass is 508 g/mol. The van der Waals surface area contributed by atoms with Gasteiger partial charge in [0, 0.05) is 22.3 Å². The summed E-state index contributed by atoms with van der Waals surface area (Å²) in [7, 11) is 0. The maximum absolute atomic E-state index is 11.2. The lowest BCUT2D eigenvalue weighted by molar-refractivity contribution is 0.0553. The molecule has 0 fully saturated rings. The molecule has 0 saturated carbocycles. The van der Waals surface area contributed by atoms with Gasteiger partial charge in [0.1, 0.15) is 17.1 Å². The van der Waals surface area contributed by atoms with Crippen molar-refractivity contribution in [3.05, 3.63) is 57.2 Å². The van der Waals surface area contributed by atoms with Crippen LogP contribution in [0.15, 0.2) is 34.9 Å². The molecule has 0 spiro atoms. The second kappa shape index (κ2) is 15.5. The molecule has 1 heterocycles. The van der Waals surface area contributed by atoms with E-state index < -0.39 is 0 Å². The molecule has 37 heavy (non-hydrogen) atoms. The summed E-state index contributed by atoms with van der Waals surface area (Å²) in [4.78, 5) is 0. The molecule has 1 aliphatic heterocycles. The lowest BCUT2D eigenvalue weighted by Crippen LogP contribution is -2.37. The zero-order valence-electron chi connectivity index (χ0n) is 25.5. The van der Waals surface area contributed by atoms with Crippen LogP contribution >= 0.6 is 0 Å². The van der Waals surface area contributed by atoms with Crippen molar-refractivity contribution >= 4 is 0 Å². The maximum atomic E-state index is 11.2. The quantitative estimate of drug-likeness (QED) is 0.239. The smallest absolute Gasteiger partial charge is 0.127 e. The molecule has 2 heteroatoms.